The first-order valence-electron chi connectivity index (χ1n) is 8.81. The van der Waals surface area contributed by atoms with Crippen LogP contribution in [0.15, 0.2) is 29.6 Å². The molecule has 3 heterocycles. The molecular formula is C19H17ClFN5O2. The highest BCUT2D eigenvalue weighted by Gasteiger charge is 2.37. The summed E-state index contributed by atoms with van der Waals surface area (Å²) in [6.45, 7) is 1.69. The van der Waals surface area contributed by atoms with Crippen LogP contribution in [-0.2, 0) is 4.79 Å². The highest BCUT2D eigenvalue weighted by Crippen LogP contribution is 2.36. The van der Waals surface area contributed by atoms with Crippen LogP contribution in [0, 0.1) is 11.2 Å². The van der Waals surface area contributed by atoms with Gasteiger partial charge in [-0.2, -0.15) is 0 Å². The van der Waals surface area contributed by atoms with E-state index in [-0.39, 0.29) is 18.1 Å². The topological polar surface area (TPSA) is 104 Å². The zero-order chi connectivity index (χ0) is 19.9. The van der Waals surface area contributed by atoms with Gasteiger partial charge in [0.1, 0.15) is 5.65 Å². The Balaban J connectivity index is 1.73. The number of aromatic nitrogens is 4. The number of carboxylic acids is 1. The number of pyridine rings is 1. The first-order chi connectivity index (χ1) is 13.4. The Labute approximate surface area is 164 Å². The number of hydrogen-bond acceptors (Lipinski definition) is 5. The lowest BCUT2D eigenvalue weighted by atomic mass is 9.75. The third-order valence-corrected chi connectivity index (χ3v) is 5.24. The van der Waals surface area contributed by atoms with Gasteiger partial charge in [-0.05, 0) is 32.3 Å². The van der Waals surface area contributed by atoms with Crippen molar-refractivity contribution in [2.45, 2.75) is 32.6 Å². The Morgan fingerprint density at radius 1 is 1.39 bits per heavy atom. The molecule has 1 atom stereocenters. The van der Waals surface area contributed by atoms with Gasteiger partial charge in [0.05, 0.1) is 16.6 Å². The maximum Gasteiger partial charge on any atom is 0.309 e. The van der Waals surface area contributed by atoms with Crippen LogP contribution in [0.5, 0.6) is 0 Å². The number of nitrogens with one attached hydrogen (secondary N) is 1. The minimum Gasteiger partial charge on any atom is -0.481 e. The SMILES string of the molecule is C[C@@]1(C(=O)O)CCCC(=Nc2nc(-c3c[nH]c4ncc(Cl)cc34)ncc2F)C1. The van der Waals surface area contributed by atoms with Gasteiger partial charge in [0, 0.05) is 35.5 Å². The van der Waals surface area contributed by atoms with E-state index in [9.17, 15) is 14.3 Å². The number of rotatable bonds is 3. The van der Waals surface area contributed by atoms with Gasteiger partial charge >= 0.3 is 5.97 Å². The van der Waals surface area contributed by atoms with E-state index in [1.54, 1.807) is 19.2 Å². The summed E-state index contributed by atoms with van der Waals surface area (Å²) in [7, 11) is 0. The first-order valence-corrected chi connectivity index (χ1v) is 9.19. The van der Waals surface area contributed by atoms with Gasteiger partial charge in [-0.3, -0.25) is 4.79 Å². The molecule has 2 N–H and O–H groups in total. The average molecular weight is 402 g/mol. The van der Waals surface area contributed by atoms with Gasteiger partial charge < -0.3 is 10.1 Å². The normalized spacial score (nSPS) is 21.3. The summed E-state index contributed by atoms with van der Waals surface area (Å²) in [5, 5.41) is 10.6. The fourth-order valence-electron chi connectivity index (χ4n) is 3.47. The second-order valence-corrected chi connectivity index (χ2v) is 7.63. The maximum absolute atomic E-state index is 14.3. The average Bonchev–Trinajstić information content (AvgIpc) is 3.06. The van der Waals surface area contributed by atoms with Crippen molar-refractivity contribution >= 4 is 40.1 Å². The lowest BCUT2D eigenvalue weighted by Gasteiger charge is -2.29. The predicted molar refractivity (Wildman–Crippen MR) is 103 cm³/mol. The van der Waals surface area contributed by atoms with E-state index in [1.807, 2.05) is 0 Å². The van der Waals surface area contributed by atoms with Gasteiger partial charge in [-0.15, -0.1) is 0 Å². The predicted octanol–water partition coefficient (Wildman–Crippen LogP) is 4.55. The van der Waals surface area contributed by atoms with Crippen LogP contribution in [0.3, 0.4) is 0 Å². The largest absolute Gasteiger partial charge is 0.481 e. The molecule has 0 aromatic carbocycles. The number of nitrogens with zero attached hydrogens (tertiary/aromatic N) is 4. The first kappa shape index (κ1) is 18.5. The van der Waals surface area contributed by atoms with Crippen molar-refractivity contribution in [2.24, 2.45) is 10.4 Å². The maximum atomic E-state index is 14.3. The molecule has 0 saturated heterocycles. The van der Waals surface area contributed by atoms with Crippen LogP contribution < -0.4 is 0 Å². The van der Waals surface area contributed by atoms with Crippen LogP contribution >= 0.6 is 11.6 Å². The monoisotopic (exact) mass is 401 g/mol. The number of halogens is 2. The Morgan fingerprint density at radius 3 is 3.00 bits per heavy atom. The van der Waals surface area contributed by atoms with Gasteiger partial charge in [-0.25, -0.2) is 24.3 Å². The van der Waals surface area contributed by atoms with Gasteiger partial charge in [-0.1, -0.05) is 11.6 Å². The highest BCUT2D eigenvalue weighted by molar-refractivity contribution is 6.31. The Kier molecular flexibility index (Phi) is 4.58. The van der Waals surface area contributed by atoms with Gasteiger partial charge in [0.2, 0.25) is 0 Å². The minimum atomic E-state index is -0.886. The third-order valence-electron chi connectivity index (χ3n) is 5.03. The molecule has 0 radical (unpaired) electrons. The second-order valence-electron chi connectivity index (χ2n) is 7.19. The quantitative estimate of drug-likeness (QED) is 0.669. The number of carbonyl (C=O) groups is 1. The van der Waals surface area contributed by atoms with E-state index < -0.39 is 17.2 Å². The van der Waals surface area contributed by atoms with Crippen LogP contribution in [0.2, 0.25) is 5.02 Å². The summed E-state index contributed by atoms with van der Waals surface area (Å²) < 4.78 is 14.3. The zero-order valence-electron chi connectivity index (χ0n) is 15.0. The number of fused-ring (bicyclic) bond motifs is 1. The van der Waals surface area contributed by atoms with Crippen molar-refractivity contribution in [3.05, 3.63) is 35.5 Å². The van der Waals surface area contributed by atoms with Gasteiger partial charge in [0.15, 0.2) is 17.5 Å². The van der Waals surface area contributed by atoms with E-state index in [4.69, 9.17) is 11.6 Å². The smallest absolute Gasteiger partial charge is 0.309 e. The molecule has 144 valence electrons. The molecular weight excluding hydrogens is 385 g/mol. The minimum absolute atomic E-state index is 0.0982. The molecule has 1 fully saturated rings. The molecule has 0 aliphatic heterocycles. The number of hydrogen-bond donors (Lipinski definition) is 2. The fourth-order valence-corrected chi connectivity index (χ4v) is 3.62. The van der Waals surface area contributed by atoms with Crippen LogP contribution in [0.1, 0.15) is 32.6 Å². The third kappa shape index (κ3) is 3.35. The summed E-state index contributed by atoms with van der Waals surface area (Å²) in [6.07, 6.45) is 6.42. The molecule has 1 saturated carbocycles. The summed E-state index contributed by atoms with van der Waals surface area (Å²) in [6, 6.07) is 1.73. The molecule has 1 aliphatic rings. The van der Waals surface area contributed by atoms with Crippen LogP contribution in [-0.4, -0.2) is 36.7 Å². The number of carboxylic acid groups (broad SMARTS) is 1. The molecule has 1 aliphatic carbocycles. The number of H-pyrrole nitrogens is 1. The Morgan fingerprint density at radius 2 is 2.21 bits per heavy atom. The Bertz CT molecular complexity index is 1110. The van der Waals surface area contributed by atoms with Crippen molar-refractivity contribution in [2.75, 3.05) is 0 Å². The van der Waals surface area contributed by atoms with Gasteiger partial charge in [0.25, 0.3) is 0 Å². The molecule has 0 amide bonds. The van der Waals surface area contributed by atoms with E-state index in [1.165, 1.54) is 6.20 Å². The highest BCUT2D eigenvalue weighted by atomic mass is 35.5. The zero-order valence-corrected chi connectivity index (χ0v) is 15.8. The molecule has 7 nitrogen and oxygen atoms in total. The number of aromatic amines is 1. The lowest BCUT2D eigenvalue weighted by Crippen LogP contribution is -2.33. The van der Waals surface area contributed by atoms with Crippen molar-refractivity contribution in [1.29, 1.82) is 0 Å². The summed E-state index contributed by atoms with van der Waals surface area (Å²) in [5.74, 6) is -1.34. The van der Waals surface area contributed by atoms with E-state index in [0.717, 1.165) is 6.20 Å². The lowest BCUT2D eigenvalue weighted by molar-refractivity contribution is -0.148. The molecule has 3 aromatic rings. The summed E-state index contributed by atoms with van der Waals surface area (Å²) in [5.41, 5.74) is 0.987. The molecule has 3 aromatic heterocycles. The molecule has 0 unspecified atom stereocenters. The molecule has 4 rings (SSSR count). The summed E-state index contributed by atoms with van der Waals surface area (Å²) in [4.78, 5) is 31.4. The second kappa shape index (κ2) is 6.94. The van der Waals surface area contributed by atoms with Crippen LogP contribution in [0.25, 0.3) is 22.4 Å². The number of aliphatic imine (C=N–C) groups is 1. The van der Waals surface area contributed by atoms with Crippen molar-refractivity contribution in [3.8, 4) is 11.4 Å². The van der Waals surface area contributed by atoms with Crippen molar-refractivity contribution in [1.82, 2.24) is 19.9 Å². The molecule has 0 bridgehead atoms. The fraction of sp³-hybridized carbons (Fsp3) is 0.316. The van der Waals surface area contributed by atoms with E-state index in [0.29, 0.717) is 46.6 Å². The molecule has 9 heteroatoms. The molecule has 0 spiro atoms. The van der Waals surface area contributed by atoms with E-state index >= 15 is 0 Å². The van der Waals surface area contributed by atoms with Crippen LogP contribution in [0.4, 0.5) is 10.2 Å². The number of aliphatic carboxylic acids is 1. The molecule has 28 heavy (non-hydrogen) atoms. The summed E-state index contributed by atoms with van der Waals surface area (Å²) >= 11 is 6.03. The van der Waals surface area contributed by atoms with E-state index in [2.05, 4.69) is 24.9 Å². The standard InChI is InChI=1S/C19H17ClFN5O2/c1-19(18(27)28)4-2-3-11(6-19)25-17-14(21)9-24-16(26-17)13-8-23-15-12(13)5-10(20)7-22-15/h5,7-9H,2-4,6H2,1H3,(H,22,23)(H,27,28)/t19-/m1/s1. The Hall–Kier alpha value is -2.87. The van der Waals surface area contributed by atoms with Crippen molar-refractivity contribution < 1.29 is 14.3 Å². The van der Waals surface area contributed by atoms with Crippen molar-refractivity contribution in [3.63, 3.8) is 0 Å².